The minimum absolute atomic E-state index is 0.0904. The molecule has 6 rings (SSSR count). The normalized spacial score (nSPS) is 11.9. The lowest BCUT2D eigenvalue weighted by Gasteiger charge is -2.26. The summed E-state index contributed by atoms with van der Waals surface area (Å²) in [5.74, 6) is 1.11. The number of anilines is 3. The monoisotopic (exact) mass is 513 g/mol. The Kier molecular flexibility index (Phi) is 5.41. The van der Waals surface area contributed by atoms with Gasteiger partial charge in [0.15, 0.2) is 5.82 Å². The Morgan fingerprint density at radius 3 is 2.03 bits per heavy atom. The first-order valence-electron chi connectivity index (χ1n) is 11.9. The maximum atomic E-state index is 13.5. The number of H-pyrrole nitrogens is 1. The Balaban J connectivity index is 1.60. The first kappa shape index (κ1) is 23.7. The van der Waals surface area contributed by atoms with Gasteiger partial charge < -0.3 is 0 Å². The van der Waals surface area contributed by atoms with E-state index in [0.29, 0.717) is 11.6 Å². The van der Waals surface area contributed by atoms with Crippen LogP contribution in [-0.4, -0.2) is 29.7 Å². The highest BCUT2D eigenvalue weighted by molar-refractivity contribution is 6.08. The van der Waals surface area contributed by atoms with Gasteiger partial charge in [0, 0.05) is 41.6 Å². The quantitative estimate of drug-likeness (QED) is 0.272. The van der Waals surface area contributed by atoms with Crippen LogP contribution in [0.15, 0.2) is 73.3 Å². The van der Waals surface area contributed by atoms with Gasteiger partial charge in [-0.3, -0.25) is 24.5 Å². The number of rotatable bonds is 4. The molecule has 0 fully saturated rings. The average molecular weight is 514 g/mol. The molecule has 0 radical (unpaired) electrons. The predicted octanol–water partition coefficient (Wildman–Crippen LogP) is 7.11. The van der Waals surface area contributed by atoms with E-state index < -0.39 is 11.9 Å². The summed E-state index contributed by atoms with van der Waals surface area (Å²) < 4.78 is 42.5. The smallest absolute Gasteiger partial charge is 0.293 e. The lowest BCUT2D eigenvalue weighted by Crippen LogP contribution is -2.16. The van der Waals surface area contributed by atoms with Crippen LogP contribution < -0.4 is 4.90 Å². The third-order valence-corrected chi connectivity index (χ3v) is 6.50. The molecule has 0 amide bonds. The number of pyridine rings is 3. The van der Waals surface area contributed by atoms with Crippen molar-refractivity contribution >= 4 is 39.1 Å². The van der Waals surface area contributed by atoms with E-state index in [1.165, 1.54) is 0 Å². The number of benzene rings is 1. The summed E-state index contributed by atoms with van der Waals surface area (Å²) in [5.41, 5.74) is 4.40. The molecule has 6 aromatic rings. The highest BCUT2D eigenvalue weighted by Crippen LogP contribution is 2.40. The zero-order valence-electron chi connectivity index (χ0n) is 20.7. The molecular weight excluding hydrogens is 491 g/mol. The highest BCUT2D eigenvalue weighted by atomic mass is 19.4. The van der Waals surface area contributed by atoms with Crippen LogP contribution in [0.4, 0.5) is 30.5 Å². The van der Waals surface area contributed by atoms with Crippen molar-refractivity contribution in [1.82, 2.24) is 29.7 Å². The van der Waals surface area contributed by atoms with Gasteiger partial charge in [-0.25, -0.2) is 4.98 Å². The topological polar surface area (TPSA) is 75.5 Å². The fourth-order valence-corrected chi connectivity index (χ4v) is 5.06. The summed E-state index contributed by atoms with van der Waals surface area (Å²) in [6, 6.07) is 14.2. The Bertz CT molecular complexity index is 1740. The summed E-state index contributed by atoms with van der Waals surface area (Å²) in [6.45, 7) is 5.84. The molecule has 190 valence electrons. The van der Waals surface area contributed by atoms with Crippen LogP contribution >= 0.6 is 0 Å². The third-order valence-electron chi connectivity index (χ3n) is 6.50. The van der Waals surface area contributed by atoms with Crippen LogP contribution in [-0.2, 0) is 6.18 Å². The van der Waals surface area contributed by atoms with Crippen LogP contribution in [0.2, 0.25) is 0 Å². The van der Waals surface area contributed by atoms with Gasteiger partial charge in [-0.1, -0.05) is 23.8 Å². The number of aromatic nitrogens is 6. The molecule has 5 heterocycles. The van der Waals surface area contributed by atoms with Crippen molar-refractivity contribution in [2.45, 2.75) is 26.9 Å². The first-order valence-corrected chi connectivity index (χ1v) is 11.9. The second-order valence-electron chi connectivity index (χ2n) is 9.20. The largest absolute Gasteiger partial charge is 0.432 e. The van der Waals surface area contributed by atoms with E-state index >= 15 is 0 Å². The molecule has 0 bridgehead atoms. The molecular formula is C28H22F3N7. The van der Waals surface area contributed by atoms with Crippen molar-refractivity contribution in [2.24, 2.45) is 0 Å². The van der Waals surface area contributed by atoms with Gasteiger partial charge in [-0.05, 0) is 56.2 Å². The van der Waals surface area contributed by atoms with Crippen molar-refractivity contribution < 1.29 is 13.2 Å². The van der Waals surface area contributed by atoms with Crippen LogP contribution in [0.3, 0.4) is 0 Å². The van der Waals surface area contributed by atoms with Crippen molar-refractivity contribution in [1.29, 1.82) is 0 Å². The van der Waals surface area contributed by atoms with Crippen LogP contribution in [0.25, 0.3) is 27.6 Å². The molecule has 0 aliphatic rings. The van der Waals surface area contributed by atoms with E-state index in [9.17, 15) is 13.2 Å². The summed E-state index contributed by atoms with van der Waals surface area (Å²) in [7, 11) is 0. The van der Waals surface area contributed by atoms with Crippen molar-refractivity contribution in [3.8, 4) is 5.82 Å². The zero-order valence-corrected chi connectivity index (χ0v) is 20.7. The standard InChI is InChI=1S/C28H22F3N7/c1-16-11-17(2)27(18(3)12-16)38(26-13-23(35-36-26)28(29,30)31)25-6-4-5-24(34-25)37-21-7-9-32-14-19(21)20-15-33-10-8-22(20)37/h4-15H,1-3H3,(H,35,36). The average Bonchev–Trinajstić information content (AvgIpc) is 3.50. The molecule has 38 heavy (non-hydrogen) atoms. The molecule has 0 aliphatic carbocycles. The molecule has 0 saturated carbocycles. The van der Waals surface area contributed by atoms with Gasteiger partial charge in [0.05, 0.1) is 16.7 Å². The number of hydrogen-bond acceptors (Lipinski definition) is 5. The molecule has 1 aromatic carbocycles. The summed E-state index contributed by atoms with van der Waals surface area (Å²) in [5, 5.41) is 8.04. The number of aromatic amines is 1. The van der Waals surface area contributed by atoms with Gasteiger partial charge in [-0.2, -0.15) is 18.3 Å². The fourth-order valence-electron chi connectivity index (χ4n) is 5.06. The van der Waals surface area contributed by atoms with Crippen LogP contribution in [0.1, 0.15) is 22.4 Å². The molecule has 0 aliphatic heterocycles. The molecule has 7 nitrogen and oxygen atoms in total. The number of halogens is 3. The number of fused-ring (bicyclic) bond motifs is 3. The van der Waals surface area contributed by atoms with Gasteiger partial charge in [0.1, 0.15) is 17.3 Å². The number of aryl methyl sites for hydroxylation is 3. The van der Waals surface area contributed by atoms with Crippen LogP contribution in [0, 0.1) is 20.8 Å². The van der Waals surface area contributed by atoms with Crippen molar-refractivity contribution in [2.75, 3.05) is 4.90 Å². The summed E-state index contributed by atoms with van der Waals surface area (Å²) >= 11 is 0. The van der Waals surface area contributed by atoms with Crippen molar-refractivity contribution in [3.05, 3.63) is 95.7 Å². The van der Waals surface area contributed by atoms with Gasteiger partial charge in [0.2, 0.25) is 0 Å². The molecule has 0 unspecified atom stereocenters. The summed E-state index contributed by atoms with van der Waals surface area (Å²) in [6.07, 6.45) is 2.43. The van der Waals surface area contributed by atoms with E-state index in [1.54, 1.807) is 35.8 Å². The van der Waals surface area contributed by atoms with E-state index in [4.69, 9.17) is 4.98 Å². The van der Waals surface area contributed by atoms with E-state index in [0.717, 1.165) is 50.2 Å². The molecule has 0 spiro atoms. The maximum Gasteiger partial charge on any atom is 0.432 e. The SMILES string of the molecule is Cc1cc(C)c(N(c2cc(C(F)(F)F)[nH]n2)c2cccc(-n3c4ccncc4c4cnccc43)n2)c(C)c1. The predicted molar refractivity (Wildman–Crippen MR) is 140 cm³/mol. The Labute approximate surface area is 215 Å². The lowest BCUT2D eigenvalue weighted by atomic mass is 10.0. The van der Waals surface area contributed by atoms with E-state index in [2.05, 4.69) is 20.2 Å². The van der Waals surface area contributed by atoms with Crippen molar-refractivity contribution in [3.63, 3.8) is 0 Å². The Morgan fingerprint density at radius 2 is 1.45 bits per heavy atom. The number of hydrogen-bond donors (Lipinski definition) is 1. The second kappa shape index (κ2) is 8.69. The molecule has 0 saturated heterocycles. The third kappa shape index (κ3) is 3.85. The molecule has 10 heteroatoms. The van der Waals surface area contributed by atoms with E-state index in [1.807, 2.05) is 61.7 Å². The first-order chi connectivity index (χ1) is 18.2. The zero-order chi connectivity index (χ0) is 26.6. The minimum Gasteiger partial charge on any atom is -0.293 e. The molecule has 1 N–H and O–H groups in total. The fraction of sp³-hybridized carbons (Fsp3) is 0.143. The Morgan fingerprint density at radius 1 is 0.816 bits per heavy atom. The summed E-state index contributed by atoms with van der Waals surface area (Å²) in [4.78, 5) is 15.2. The van der Waals surface area contributed by atoms with Gasteiger partial charge in [0.25, 0.3) is 0 Å². The second-order valence-corrected chi connectivity index (χ2v) is 9.20. The molecule has 5 aromatic heterocycles. The highest BCUT2D eigenvalue weighted by Gasteiger charge is 2.34. The minimum atomic E-state index is -4.56. The number of nitrogens with one attached hydrogen (secondary N) is 1. The molecule has 0 atom stereocenters. The number of alkyl halides is 3. The number of nitrogens with zero attached hydrogens (tertiary/aromatic N) is 6. The van der Waals surface area contributed by atoms with E-state index in [-0.39, 0.29) is 5.82 Å². The van der Waals surface area contributed by atoms with Gasteiger partial charge in [-0.15, -0.1) is 0 Å². The van der Waals surface area contributed by atoms with Gasteiger partial charge >= 0.3 is 6.18 Å². The van der Waals surface area contributed by atoms with Crippen LogP contribution in [0.5, 0.6) is 0 Å². The Hall–Kier alpha value is -4.73. The maximum absolute atomic E-state index is 13.5. The lowest BCUT2D eigenvalue weighted by molar-refractivity contribution is -0.141.